The van der Waals surface area contributed by atoms with Gasteiger partial charge < -0.3 is 14.9 Å². The summed E-state index contributed by atoms with van der Waals surface area (Å²) in [5.41, 5.74) is 3.22. The molecule has 174 valence electrons. The molecule has 0 aromatic heterocycles. The molecule has 1 unspecified atom stereocenters. The zero-order valence-electron chi connectivity index (χ0n) is 19.0. The summed E-state index contributed by atoms with van der Waals surface area (Å²) in [7, 11) is 0. The summed E-state index contributed by atoms with van der Waals surface area (Å²) in [6.07, 6.45) is 0. The van der Waals surface area contributed by atoms with E-state index in [9.17, 15) is 19.8 Å². The van der Waals surface area contributed by atoms with Crippen LogP contribution in [0.4, 0.5) is 5.69 Å². The minimum Gasteiger partial charge on any atom is -0.508 e. The van der Waals surface area contributed by atoms with Crippen LogP contribution in [0.15, 0.2) is 66.2 Å². The Kier molecular flexibility index (Phi) is 6.35. The van der Waals surface area contributed by atoms with Crippen LogP contribution in [-0.4, -0.2) is 28.5 Å². The number of hydrogen-bond acceptors (Lipinski definition) is 5. The number of aliphatic hydroxyl groups is 1. The van der Waals surface area contributed by atoms with Gasteiger partial charge in [-0.2, -0.15) is 0 Å². The highest BCUT2D eigenvalue weighted by molar-refractivity contribution is 6.51. The lowest BCUT2D eigenvalue weighted by atomic mass is 9.95. The van der Waals surface area contributed by atoms with E-state index in [4.69, 9.17) is 16.3 Å². The fourth-order valence-corrected chi connectivity index (χ4v) is 4.40. The zero-order valence-corrected chi connectivity index (χ0v) is 19.8. The smallest absolute Gasteiger partial charge is 0.300 e. The summed E-state index contributed by atoms with van der Waals surface area (Å²) in [6.45, 7) is 5.99. The first-order valence-electron chi connectivity index (χ1n) is 10.8. The summed E-state index contributed by atoms with van der Waals surface area (Å²) in [5.74, 6) is -1.48. The second-order valence-corrected chi connectivity index (χ2v) is 8.59. The number of Topliss-reactive ketones (excluding diaryl/α,β-unsaturated/α-hetero) is 1. The van der Waals surface area contributed by atoms with Crippen LogP contribution >= 0.6 is 11.6 Å². The van der Waals surface area contributed by atoms with Gasteiger partial charge in [-0.1, -0.05) is 29.8 Å². The third-order valence-electron chi connectivity index (χ3n) is 5.64. The van der Waals surface area contributed by atoms with E-state index in [1.807, 2.05) is 39.0 Å². The molecule has 1 aliphatic heterocycles. The first-order valence-corrected chi connectivity index (χ1v) is 11.2. The minimum absolute atomic E-state index is 0.0474. The largest absolute Gasteiger partial charge is 0.508 e. The number of anilines is 1. The molecule has 0 spiro atoms. The van der Waals surface area contributed by atoms with E-state index in [1.54, 1.807) is 30.3 Å². The van der Waals surface area contributed by atoms with E-state index < -0.39 is 17.7 Å². The van der Waals surface area contributed by atoms with Gasteiger partial charge in [0.05, 0.1) is 23.2 Å². The number of phenolic OH excluding ortho intramolecular Hbond substituents is 1. The minimum atomic E-state index is -0.895. The number of hydrogen-bond donors (Lipinski definition) is 2. The molecule has 4 rings (SSSR count). The van der Waals surface area contributed by atoms with Gasteiger partial charge in [0.1, 0.15) is 17.3 Å². The second kappa shape index (κ2) is 9.23. The van der Waals surface area contributed by atoms with Crippen molar-refractivity contribution in [2.24, 2.45) is 0 Å². The van der Waals surface area contributed by atoms with Crippen LogP contribution in [0.5, 0.6) is 11.5 Å². The number of carbonyl (C=O) groups excluding carboxylic acids is 2. The van der Waals surface area contributed by atoms with E-state index in [-0.39, 0.29) is 17.1 Å². The number of amides is 1. The first kappa shape index (κ1) is 23.4. The Morgan fingerprint density at radius 2 is 1.65 bits per heavy atom. The van der Waals surface area contributed by atoms with Gasteiger partial charge in [-0.25, -0.2) is 0 Å². The van der Waals surface area contributed by atoms with Crippen molar-refractivity contribution in [1.82, 2.24) is 0 Å². The number of ketones is 1. The zero-order chi connectivity index (χ0) is 24.6. The number of carbonyl (C=O) groups is 2. The Morgan fingerprint density at radius 3 is 2.26 bits per heavy atom. The highest BCUT2D eigenvalue weighted by atomic mass is 35.5. The normalized spacial score (nSPS) is 17.3. The molecule has 3 aromatic rings. The first-order chi connectivity index (χ1) is 16.2. The molecular formula is C27H24ClNO5. The van der Waals surface area contributed by atoms with E-state index in [2.05, 4.69) is 0 Å². The van der Waals surface area contributed by atoms with Crippen LogP contribution in [-0.2, 0) is 9.59 Å². The number of halogens is 1. The molecule has 3 aromatic carbocycles. The quantitative estimate of drug-likeness (QED) is 0.280. The van der Waals surface area contributed by atoms with Crippen LogP contribution < -0.4 is 9.64 Å². The lowest BCUT2D eigenvalue weighted by Crippen LogP contribution is -2.29. The van der Waals surface area contributed by atoms with Crippen molar-refractivity contribution in [3.05, 3.63) is 93.5 Å². The Bertz CT molecular complexity index is 1290. The van der Waals surface area contributed by atoms with Gasteiger partial charge in [-0.3, -0.25) is 14.5 Å². The Balaban J connectivity index is 1.95. The van der Waals surface area contributed by atoms with Crippen molar-refractivity contribution >= 4 is 34.7 Å². The molecule has 1 heterocycles. The molecule has 0 aliphatic carbocycles. The number of nitrogens with zero attached hydrogens (tertiary/aromatic N) is 1. The number of rotatable bonds is 5. The van der Waals surface area contributed by atoms with E-state index in [1.165, 1.54) is 17.0 Å². The summed E-state index contributed by atoms with van der Waals surface area (Å²) in [5, 5.41) is 21.4. The van der Waals surface area contributed by atoms with Gasteiger partial charge in [-0.15, -0.1) is 0 Å². The van der Waals surface area contributed by atoms with Crippen molar-refractivity contribution in [3.63, 3.8) is 0 Å². The molecule has 1 aliphatic rings. The lowest BCUT2D eigenvalue weighted by molar-refractivity contribution is -0.132. The van der Waals surface area contributed by atoms with Crippen LogP contribution in [0.25, 0.3) is 5.76 Å². The molecular weight excluding hydrogens is 454 g/mol. The van der Waals surface area contributed by atoms with Crippen LogP contribution in [0, 0.1) is 13.8 Å². The Morgan fingerprint density at radius 1 is 1.00 bits per heavy atom. The van der Waals surface area contributed by atoms with Gasteiger partial charge in [0.2, 0.25) is 0 Å². The average Bonchev–Trinajstić information content (AvgIpc) is 3.05. The fourth-order valence-electron chi connectivity index (χ4n) is 4.23. The summed E-state index contributed by atoms with van der Waals surface area (Å²) >= 11 is 6.19. The number of aliphatic hydroxyl groups excluding tert-OH is 1. The summed E-state index contributed by atoms with van der Waals surface area (Å²) < 4.78 is 5.52. The fraction of sp³-hybridized carbons (Fsp3) is 0.185. The van der Waals surface area contributed by atoms with Gasteiger partial charge in [0.15, 0.2) is 0 Å². The monoisotopic (exact) mass is 477 g/mol. The topological polar surface area (TPSA) is 87.1 Å². The third-order valence-corrected chi connectivity index (χ3v) is 5.95. The van der Waals surface area contributed by atoms with Crippen LogP contribution in [0.2, 0.25) is 5.02 Å². The second-order valence-electron chi connectivity index (χ2n) is 8.18. The van der Waals surface area contributed by atoms with Crippen LogP contribution in [0.3, 0.4) is 0 Å². The number of ether oxygens (including phenoxy) is 1. The van der Waals surface area contributed by atoms with Gasteiger partial charge in [0.25, 0.3) is 11.7 Å². The maximum absolute atomic E-state index is 13.3. The molecule has 0 saturated carbocycles. The molecule has 1 amide bonds. The number of benzene rings is 3. The van der Waals surface area contributed by atoms with Gasteiger partial charge >= 0.3 is 0 Å². The summed E-state index contributed by atoms with van der Waals surface area (Å²) in [6, 6.07) is 15.6. The highest BCUT2D eigenvalue weighted by Crippen LogP contribution is 2.43. The molecule has 1 atom stereocenters. The molecule has 1 fully saturated rings. The van der Waals surface area contributed by atoms with Crippen molar-refractivity contribution in [1.29, 1.82) is 0 Å². The molecule has 1 saturated heterocycles. The number of phenols is 1. The predicted octanol–water partition coefficient (Wildman–Crippen LogP) is 5.69. The lowest BCUT2D eigenvalue weighted by Gasteiger charge is -2.26. The Hall–Kier alpha value is -3.77. The standard InChI is InChI=1S/C27H24ClNO5/c1-4-34-22-14-18(7-10-21(22)28)25(31)23-24(17-5-8-20(30)9-6-17)29(27(33)26(23)32)19-12-15(2)11-16(3)13-19/h5-14,24,30-31H,4H2,1-3H3/b25-23-. The molecule has 34 heavy (non-hydrogen) atoms. The summed E-state index contributed by atoms with van der Waals surface area (Å²) in [4.78, 5) is 28.0. The van der Waals surface area contributed by atoms with Gasteiger partial charge in [0, 0.05) is 11.3 Å². The third kappa shape index (κ3) is 4.24. The van der Waals surface area contributed by atoms with E-state index >= 15 is 0 Å². The van der Waals surface area contributed by atoms with Crippen molar-refractivity contribution in [2.75, 3.05) is 11.5 Å². The van der Waals surface area contributed by atoms with Crippen molar-refractivity contribution in [3.8, 4) is 11.5 Å². The highest BCUT2D eigenvalue weighted by Gasteiger charge is 2.47. The number of aromatic hydroxyl groups is 1. The predicted molar refractivity (Wildman–Crippen MR) is 131 cm³/mol. The van der Waals surface area contributed by atoms with E-state index in [0.29, 0.717) is 34.2 Å². The van der Waals surface area contributed by atoms with Crippen molar-refractivity contribution < 1.29 is 24.5 Å². The Labute approximate surface area is 202 Å². The molecule has 2 N–H and O–H groups in total. The van der Waals surface area contributed by atoms with Crippen molar-refractivity contribution in [2.45, 2.75) is 26.8 Å². The number of aryl methyl sites for hydroxylation is 2. The van der Waals surface area contributed by atoms with Gasteiger partial charge in [-0.05, 0) is 79.9 Å². The molecule has 7 heteroatoms. The maximum atomic E-state index is 13.3. The average molecular weight is 478 g/mol. The maximum Gasteiger partial charge on any atom is 0.300 e. The SMILES string of the molecule is CCOc1cc(/C(O)=C2/C(=O)C(=O)N(c3cc(C)cc(C)c3)C2c2ccc(O)cc2)ccc1Cl. The molecule has 0 radical (unpaired) electrons. The molecule has 0 bridgehead atoms. The van der Waals surface area contributed by atoms with Crippen LogP contribution in [0.1, 0.15) is 35.2 Å². The van der Waals surface area contributed by atoms with E-state index in [0.717, 1.165) is 11.1 Å². The molecule has 6 nitrogen and oxygen atoms in total.